The molecule has 1 fully saturated rings. The number of nitrogens with one attached hydrogen (secondary N) is 1. The van der Waals surface area contributed by atoms with Crippen LogP contribution in [0.1, 0.15) is 46.5 Å². The SMILES string of the molecule is CCC(C)(CC)NCC1CCCO1. The van der Waals surface area contributed by atoms with Gasteiger partial charge in [-0.1, -0.05) is 13.8 Å². The van der Waals surface area contributed by atoms with Gasteiger partial charge in [0.05, 0.1) is 6.10 Å². The molecule has 0 aromatic heterocycles. The van der Waals surface area contributed by atoms with Crippen LogP contribution in [-0.2, 0) is 4.74 Å². The first-order valence-corrected chi connectivity index (χ1v) is 5.57. The average molecular weight is 185 g/mol. The van der Waals surface area contributed by atoms with E-state index in [1.165, 1.54) is 25.7 Å². The Labute approximate surface area is 82.0 Å². The summed E-state index contributed by atoms with van der Waals surface area (Å²) in [6.45, 7) is 8.76. The van der Waals surface area contributed by atoms with Crippen molar-refractivity contribution in [3.63, 3.8) is 0 Å². The monoisotopic (exact) mass is 185 g/mol. The molecule has 1 aliphatic heterocycles. The summed E-state index contributed by atoms with van der Waals surface area (Å²) in [6, 6.07) is 0. The van der Waals surface area contributed by atoms with Crippen molar-refractivity contribution >= 4 is 0 Å². The largest absolute Gasteiger partial charge is 0.377 e. The van der Waals surface area contributed by atoms with E-state index in [0.717, 1.165) is 13.2 Å². The molecule has 0 aromatic rings. The fraction of sp³-hybridized carbons (Fsp3) is 1.00. The van der Waals surface area contributed by atoms with Crippen molar-refractivity contribution < 1.29 is 4.74 Å². The van der Waals surface area contributed by atoms with Gasteiger partial charge in [-0.25, -0.2) is 0 Å². The Balaban J connectivity index is 2.22. The molecule has 2 nitrogen and oxygen atoms in total. The van der Waals surface area contributed by atoms with Crippen molar-refractivity contribution in [2.45, 2.75) is 58.1 Å². The predicted molar refractivity (Wildman–Crippen MR) is 56.0 cm³/mol. The zero-order chi connectivity index (χ0) is 9.73. The fourth-order valence-electron chi connectivity index (χ4n) is 1.67. The summed E-state index contributed by atoms with van der Waals surface area (Å²) in [5, 5.41) is 3.61. The Morgan fingerprint density at radius 1 is 1.38 bits per heavy atom. The first kappa shape index (κ1) is 11.0. The van der Waals surface area contributed by atoms with Crippen molar-refractivity contribution in [2.75, 3.05) is 13.2 Å². The van der Waals surface area contributed by atoms with E-state index in [2.05, 4.69) is 26.1 Å². The van der Waals surface area contributed by atoms with E-state index in [1.807, 2.05) is 0 Å². The Morgan fingerprint density at radius 2 is 2.08 bits per heavy atom. The number of rotatable bonds is 5. The maximum Gasteiger partial charge on any atom is 0.0700 e. The highest BCUT2D eigenvalue weighted by atomic mass is 16.5. The molecule has 1 aliphatic rings. The molecule has 0 spiro atoms. The minimum absolute atomic E-state index is 0.311. The van der Waals surface area contributed by atoms with E-state index < -0.39 is 0 Å². The first-order chi connectivity index (χ1) is 6.20. The maximum atomic E-state index is 5.57. The molecule has 78 valence electrons. The minimum atomic E-state index is 0.311. The summed E-state index contributed by atoms with van der Waals surface area (Å²) in [5.74, 6) is 0. The second-order valence-corrected chi connectivity index (χ2v) is 4.28. The molecule has 0 amide bonds. The Morgan fingerprint density at radius 3 is 2.54 bits per heavy atom. The van der Waals surface area contributed by atoms with Gasteiger partial charge >= 0.3 is 0 Å². The van der Waals surface area contributed by atoms with Crippen LogP contribution in [0.2, 0.25) is 0 Å². The van der Waals surface area contributed by atoms with Gasteiger partial charge in [-0.15, -0.1) is 0 Å². The Kier molecular flexibility index (Phi) is 4.20. The molecule has 0 aromatic carbocycles. The molecule has 0 aliphatic carbocycles. The molecule has 1 atom stereocenters. The zero-order valence-corrected chi connectivity index (χ0v) is 9.23. The standard InChI is InChI=1S/C11H23NO/c1-4-11(3,5-2)12-9-10-7-6-8-13-10/h10,12H,4-9H2,1-3H3. The third kappa shape index (κ3) is 3.28. The van der Waals surface area contributed by atoms with E-state index in [1.54, 1.807) is 0 Å². The van der Waals surface area contributed by atoms with Gasteiger partial charge in [0.25, 0.3) is 0 Å². The van der Waals surface area contributed by atoms with Gasteiger partial charge in [-0.3, -0.25) is 0 Å². The van der Waals surface area contributed by atoms with Crippen molar-refractivity contribution in [2.24, 2.45) is 0 Å². The minimum Gasteiger partial charge on any atom is -0.377 e. The van der Waals surface area contributed by atoms with Gasteiger partial charge in [-0.2, -0.15) is 0 Å². The summed E-state index contributed by atoms with van der Waals surface area (Å²) in [4.78, 5) is 0. The van der Waals surface area contributed by atoms with Gasteiger partial charge in [0.2, 0.25) is 0 Å². The maximum absolute atomic E-state index is 5.57. The number of hydrogen-bond donors (Lipinski definition) is 1. The van der Waals surface area contributed by atoms with Crippen LogP contribution in [0.15, 0.2) is 0 Å². The van der Waals surface area contributed by atoms with Gasteiger partial charge in [0, 0.05) is 18.7 Å². The van der Waals surface area contributed by atoms with Crippen molar-refractivity contribution in [1.82, 2.24) is 5.32 Å². The number of hydrogen-bond acceptors (Lipinski definition) is 2. The van der Waals surface area contributed by atoms with E-state index in [4.69, 9.17) is 4.74 Å². The molecular weight excluding hydrogens is 162 g/mol. The summed E-state index contributed by atoms with van der Waals surface area (Å²) in [6.07, 6.45) is 5.32. The van der Waals surface area contributed by atoms with Crippen LogP contribution in [0.5, 0.6) is 0 Å². The van der Waals surface area contributed by atoms with E-state index >= 15 is 0 Å². The van der Waals surface area contributed by atoms with Crippen LogP contribution in [0.3, 0.4) is 0 Å². The van der Waals surface area contributed by atoms with Crippen molar-refractivity contribution in [3.05, 3.63) is 0 Å². The highest BCUT2D eigenvalue weighted by Gasteiger charge is 2.22. The van der Waals surface area contributed by atoms with Crippen LogP contribution in [0, 0.1) is 0 Å². The predicted octanol–water partition coefficient (Wildman–Crippen LogP) is 2.33. The van der Waals surface area contributed by atoms with E-state index in [0.29, 0.717) is 11.6 Å². The quantitative estimate of drug-likeness (QED) is 0.710. The molecular formula is C11H23NO. The van der Waals surface area contributed by atoms with Gasteiger partial charge in [0.15, 0.2) is 0 Å². The summed E-state index contributed by atoms with van der Waals surface area (Å²) in [7, 11) is 0. The normalized spacial score (nSPS) is 23.8. The molecule has 0 radical (unpaired) electrons. The zero-order valence-electron chi connectivity index (χ0n) is 9.23. The van der Waals surface area contributed by atoms with E-state index in [9.17, 15) is 0 Å². The number of ether oxygens (including phenoxy) is 1. The second kappa shape index (κ2) is 4.97. The van der Waals surface area contributed by atoms with Crippen LogP contribution >= 0.6 is 0 Å². The summed E-state index contributed by atoms with van der Waals surface area (Å²) < 4.78 is 5.57. The lowest BCUT2D eigenvalue weighted by Gasteiger charge is -2.29. The molecule has 1 rings (SSSR count). The van der Waals surface area contributed by atoms with Crippen LogP contribution in [-0.4, -0.2) is 24.8 Å². The molecule has 2 heteroatoms. The fourth-order valence-corrected chi connectivity index (χ4v) is 1.67. The smallest absolute Gasteiger partial charge is 0.0700 e. The van der Waals surface area contributed by atoms with Crippen LogP contribution in [0.25, 0.3) is 0 Å². The highest BCUT2D eigenvalue weighted by Crippen LogP contribution is 2.16. The first-order valence-electron chi connectivity index (χ1n) is 5.57. The third-order valence-corrected chi connectivity index (χ3v) is 3.34. The van der Waals surface area contributed by atoms with Gasteiger partial charge in [0.1, 0.15) is 0 Å². The molecule has 0 bridgehead atoms. The van der Waals surface area contributed by atoms with Crippen LogP contribution in [0.4, 0.5) is 0 Å². The summed E-state index contributed by atoms with van der Waals surface area (Å²) >= 11 is 0. The molecule has 1 N–H and O–H groups in total. The molecule has 1 heterocycles. The van der Waals surface area contributed by atoms with Crippen molar-refractivity contribution in [1.29, 1.82) is 0 Å². The topological polar surface area (TPSA) is 21.3 Å². The lowest BCUT2D eigenvalue weighted by atomic mass is 9.95. The van der Waals surface area contributed by atoms with Gasteiger partial charge < -0.3 is 10.1 Å². The van der Waals surface area contributed by atoms with Crippen LogP contribution < -0.4 is 5.32 Å². The molecule has 1 unspecified atom stereocenters. The Bertz CT molecular complexity index is 137. The van der Waals surface area contributed by atoms with Crippen molar-refractivity contribution in [3.8, 4) is 0 Å². The third-order valence-electron chi connectivity index (χ3n) is 3.34. The lowest BCUT2D eigenvalue weighted by Crippen LogP contribution is -2.44. The second-order valence-electron chi connectivity index (χ2n) is 4.28. The summed E-state index contributed by atoms with van der Waals surface area (Å²) in [5.41, 5.74) is 0.311. The average Bonchev–Trinajstić information content (AvgIpc) is 2.67. The van der Waals surface area contributed by atoms with Gasteiger partial charge in [-0.05, 0) is 32.6 Å². The lowest BCUT2D eigenvalue weighted by molar-refractivity contribution is 0.101. The highest BCUT2D eigenvalue weighted by molar-refractivity contribution is 4.81. The molecule has 1 saturated heterocycles. The Hall–Kier alpha value is -0.0800. The molecule has 0 saturated carbocycles. The molecule has 13 heavy (non-hydrogen) atoms. The van der Waals surface area contributed by atoms with E-state index in [-0.39, 0.29) is 0 Å².